The Balaban J connectivity index is 1.65. The SMILES string of the molecule is C[C@@H]1CN([C@@H](C)CO)C(=O)c2cccc(NC(=O)NC3CCCCC3)c2O[C@H]1CN(C)S(=O)(=O)c1cccs1. The van der Waals surface area contributed by atoms with Gasteiger partial charge in [-0.3, -0.25) is 4.79 Å². The van der Waals surface area contributed by atoms with Crippen molar-refractivity contribution in [3.8, 4) is 5.75 Å². The predicted octanol–water partition coefficient (Wildman–Crippen LogP) is 3.74. The van der Waals surface area contributed by atoms with Gasteiger partial charge in [0.15, 0.2) is 5.75 Å². The van der Waals surface area contributed by atoms with E-state index in [2.05, 4.69) is 10.6 Å². The van der Waals surface area contributed by atoms with Crippen molar-refractivity contribution >= 4 is 39.0 Å². The largest absolute Gasteiger partial charge is 0.486 e. The number of benzene rings is 1. The summed E-state index contributed by atoms with van der Waals surface area (Å²) in [6.45, 7) is 3.70. The lowest BCUT2D eigenvalue weighted by atomic mass is 9.96. The molecular formula is C27H38N4O6S2. The second kappa shape index (κ2) is 12.7. The topological polar surface area (TPSA) is 128 Å². The fourth-order valence-electron chi connectivity index (χ4n) is 5.07. The van der Waals surface area contributed by atoms with Crippen molar-refractivity contribution in [2.45, 2.75) is 68.3 Å². The number of thiophene rings is 1. The number of anilines is 1. The van der Waals surface area contributed by atoms with E-state index in [4.69, 9.17) is 4.74 Å². The van der Waals surface area contributed by atoms with E-state index in [1.54, 1.807) is 47.5 Å². The molecule has 12 heteroatoms. The first-order chi connectivity index (χ1) is 18.6. The van der Waals surface area contributed by atoms with E-state index in [0.717, 1.165) is 37.0 Å². The molecule has 0 unspecified atom stereocenters. The molecule has 0 saturated heterocycles. The minimum atomic E-state index is -3.74. The van der Waals surface area contributed by atoms with E-state index in [1.807, 2.05) is 6.92 Å². The maximum atomic E-state index is 13.6. The first-order valence-electron chi connectivity index (χ1n) is 13.4. The molecule has 3 N–H and O–H groups in total. The average molecular weight is 579 g/mol. The van der Waals surface area contributed by atoms with Crippen LogP contribution in [0.25, 0.3) is 0 Å². The Morgan fingerprint density at radius 3 is 2.64 bits per heavy atom. The molecule has 214 valence electrons. The molecule has 0 spiro atoms. The molecule has 1 aromatic heterocycles. The molecule has 3 amide bonds. The third-order valence-electron chi connectivity index (χ3n) is 7.48. The number of carbonyl (C=O) groups excluding carboxylic acids is 2. The summed E-state index contributed by atoms with van der Waals surface area (Å²) in [5, 5.41) is 17.5. The Labute approximate surface area is 234 Å². The first kappa shape index (κ1) is 29.3. The summed E-state index contributed by atoms with van der Waals surface area (Å²) in [6.07, 6.45) is 4.52. The highest BCUT2D eigenvalue weighted by Crippen LogP contribution is 2.35. The molecule has 1 aliphatic heterocycles. The summed E-state index contributed by atoms with van der Waals surface area (Å²) in [6, 6.07) is 7.46. The zero-order valence-electron chi connectivity index (χ0n) is 22.6. The van der Waals surface area contributed by atoms with Crippen molar-refractivity contribution < 1.29 is 27.9 Å². The number of carbonyl (C=O) groups is 2. The third kappa shape index (κ3) is 6.74. The number of fused-ring (bicyclic) bond motifs is 1. The van der Waals surface area contributed by atoms with Gasteiger partial charge in [-0.05, 0) is 43.3 Å². The molecule has 1 fully saturated rings. The number of likely N-dealkylation sites (N-methyl/N-ethyl adjacent to an activating group) is 1. The van der Waals surface area contributed by atoms with Crippen LogP contribution in [0.4, 0.5) is 10.5 Å². The van der Waals surface area contributed by atoms with E-state index in [0.29, 0.717) is 5.69 Å². The molecule has 0 bridgehead atoms. The van der Waals surface area contributed by atoms with Gasteiger partial charge in [0.1, 0.15) is 10.3 Å². The van der Waals surface area contributed by atoms with Crippen molar-refractivity contribution in [3.05, 3.63) is 41.3 Å². The molecule has 2 heterocycles. The Morgan fingerprint density at radius 1 is 1.23 bits per heavy atom. The summed E-state index contributed by atoms with van der Waals surface area (Å²) in [5.41, 5.74) is 0.570. The zero-order valence-corrected chi connectivity index (χ0v) is 24.3. The summed E-state index contributed by atoms with van der Waals surface area (Å²) in [7, 11) is -2.23. The molecular weight excluding hydrogens is 540 g/mol. The number of aliphatic hydroxyl groups is 1. The average Bonchev–Trinajstić information content (AvgIpc) is 3.47. The number of sulfonamides is 1. The number of ether oxygens (including phenoxy) is 1. The molecule has 4 rings (SSSR count). The van der Waals surface area contributed by atoms with Gasteiger partial charge in [-0.2, -0.15) is 4.31 Å². The number of hydrogen-bond donors (Lipinski definition) is 3. The Kier molecular flexibility index (Phi) is 9.52. The molecule has 1 aliphatic carbocycles. The number of hydrogen-bond acceptors (Lipinski definition) is 7. The van der Waals surface area contributed by atoms with Gasteiger partial charge in [-0.25, -0.2) is 13.2 Å². The molecule has 10 nitrogen and oxygen atoms in total. The van der Waals surface area contributed by atoms with Gasteiger partial charge in [-0.1, -0.05) is 38.3 Å². The van der Waals surface area contributed by atoms with Gasteiger partial charge in [-0.15, -0.1) is 11.3 Å². The normalized spacial score (nSPS) is 21.5. The lowest BCUT2D eigenvalue weighted by Gasteiger charge is -2.38. The van der Waals surface area contributed by atoms with Crippen LogP contribution in [0.2, 0.25) is 0 Å². The van der Waals surface area contributed by atoms with E-state index < -0.39 is 22.2 Å². The number of amides is 3. The van der Waals surface area contributed by atoms with E-state index >= 15 is 0 Å². The number of urea groups is 1. The lowest BCUT2D eigenvalue weighted by molar-refractivity contribution is 0.0389. The highest BCUT2D eigenvalue weighted by molar-refractivity contribution is 7.91. The molecule has 3 atom stereocenters. The maximum absolute atomic E-state index is 13.6. The fraction of sp³-hybridized carbons (Fsp3) is 0.556. The van der Waals surface area contributed by atoms with Gasteiger partial charge >= 0.3 is 6.03 Å². The molecule has 0 radical (unpaired) electrons. The molecule has 2 aromatic rings. The van der Waals surface area contributed by atoms with Crippen LogP contribution in [-0.2, 0) is 10.0 Å². The summed E-state index contributed by atoms with van der Waals surface area (Å²) in [4.78, 5) is 28.1. The number of nitrogens with zero attached hydrogens (tertiary/aromatic N) is 2. The van der Waals surface area contributed by atoms with Crippen molar-refractivity contribution in [1.82, 2.24) is 14.5 Å². The fourth-order valence-corrected chi connectivity index (χ4v) is 7.45. The third-order valence-corrected chi connectivity index (χ3v) is 10.7. The smallest absolute Gasteiger partial charge is 0.319 e. The number of para-hydroxylation sites is 1. The minimum Gasteiger partial charge on any atom is -0.486 e. The monoisotopic (exact) mass is 578 g/mol. The van der Waals surface area contributed by atoms with Crippen LogP contribution in [0.5, 0.6) is 5.75 Å². The minimum absolute atomic E-state index is 0.0268. The number of rotatable bonds is 8. The standard InChI is InChI=1S/C27H38N4O6S2/c1-18-15-31(19(2)17-32)26(33)21-11-7-12-22(29-27(34)28-20-9-5-4-6-10-20)25(21)37-23(18)16-30(3)39(35,36)24-13-8-14-38-24/h7-8,11-14,18-20,23,32H,4-6,9-10,15-17H2,1-3H3,(H2,28,29,34)/t18-,19+,23+/m1/s1. The van der Waals surface area contributed by atoms with Crippen LogP contribution >= 0.6 is 11.3 Å². The van der Waals surface area contributed by atoms with E-state index in [-0.39, 0.29) is 59.1 Å². The Morgan fingerprint density at radius 2 is 1.97 bits per heavy atom. The molecule has 2 aliphatic rings. The van der Waals surface area contributed by atoms with Gasteiger partial charge in [0.25, 0.3) is 15.9 Å². The van der Waals surface area contributed by atoms with Crippen LogP contribution in [0, 0.1) is 5.92 Å². The predicted molar refractivity (Wildman–Crippen MR) is 151 cm³/mol. The van der Waals surface area contributed by atoms with Gasteiger partial charge in [0.05, 0.1) is 30.4 Å². The summed E-state index contributed by atoms with van der Waals surface area (Å²) < 4.78 is 34.2. The van der Waals surface area contributed by atoms with Crippen LogP contribution in [-0.4, -0.2) is 79.6 Å². The Bertz CT molecular complexity index is 1250. The second-order valence-corrected chi connectivity index (χ2v) is 13.7. The zero-order chi connectivity index (χ0) is 28.2. The van der Waals surface area contributed by atoms with Crippen molar-refractivity contribution in [1.29, 1.82) is 0 Å². The highest BCUT2D eigenvalue weighted by Gasteiger charge is 2.36. The summed E-state index contributed by atoms with van der Waals surface area (Å²) in [5.74, 6) is -0.427. The summed E-state index contributed by atoms with van der Waals surface area (Å²) >= 11 is 1.14. The lowest BCUT2D eigenvalue weighted by Crippen LogP contribution is -2.50. The van der Waals surface area contributed by atoms with Gasteiger partial charge < -0.3 is 25.4 Å². The van der Waals surface area contributed by atoms with Crippen LogP contribution in [0.1, 0.15) is 56.3 Å². The van der Waals surface area contributed by atoms with Crippen LogP contribution in [0.3, 0.4) is 0 Å². The van der Waals surface area contributed by atoms with Crippen LogP contribution < -0.4 is 15.4 Å². The van der Waals surface area contributed by atoms with Crippen molar-refractivity contribution in [2.24, 2.45) is 5.92 Å². The van der Waals surface area contributed by atoms with E-state index in [1.165, 1.54) is 17.8 Å². The number of aliphatic hydroxyl groups excluding tert-OH is 1. The van der Waals surface area contributed by atoms with Crippen molar-refractivity contribution in [2.75, 3.05) is 32.1 Å². The van der Waals surface area contributed by atoms with E-state index in [9.17, 15) is 23.1 Å². The maximum Gasteiger partial charge on any atom is 0.319 e. The van der Waals surface area contributed by atoms with Gasteiger partial charge in [0.2, 0.25) is 0 Å². The van der Waals surface area contributed by atoms with Gasteiger partial charge in [0, 0.05) is 25.6 Å². The molecule has 39 heavy (non-hydrogen) atoms. The Hall–Kier alpha value is -2.67. The molecule has 1 saturated carbocycles. The quantitative estimate of drug-likeness (QED) is 0.438. The number of nitrogens with one attached hydrogen (secondary N) is 2. The highest BCUT2D eigenvalue weighted by atomic mass is 32.2. The second-order valence-electron chi connectivity index (χ2n) is 10.5. The first-order valence-corrected chi connectivity index (χ1v) is 15.7. The van der Waals surface area contributed by atoms with Crippen LogP contribution in [0.15, 0.2) is 39.9 Å². The van der Waals surface area contributed by atoms with Crippen molar-refractivity contribution in [3.63, 3.8) is 0 Å². The molecule has 1 aromatic carbocycles.